The minimum atomic E-state index is -0.737. The molecule has 0 radical (unpaired) electrons. The lowest BCUT2D eigenvalue weighted by Crippen LogP contribution is -2.24. The maximum Gasteiger partial charge on any atom is 0.339 e. The van der Waals surface area contributed by atoms with Crippen LogP contribution >= 0.6 is 0 Å². The molecule has 0 bridgehead atoms. The molecule has 8 heteroatoms. The highest BCUT2D eigenvalue weighted by Crippen LogP contribution is 2.25. The lowest BCUT2D eigenvalue weighted by molar-refractivity contribution is 0.0365. The number of carbonyl (C=O) groups excluding carboxylic acids is 4. The standard InChI is InChI=1S/C42H70O8/c1-9-17-21-31(13-5)27-47-39(43)35-25-37(41(45)49-29-33(15-7)23-19-11-3)38(42(46)50-30-34(16-8)24-20-12-4)26-36(35)40(44)48-28-32(14-6)22-18-10-2/h25-26,31-34H,9-24,27-30H2,1-8H3/t31-,32-,33-,34-/m0/s1. The number of benzene rings is 1. The van der Waals surface area contributed by atoms with E-state index < -0.39 is 23.9 Å². The highest BCUT2D eigenvalue weighted by Gasteiger charge is 2.30. The van der Waals surface area contributed by atoms with Crippen LogP contribution in [0.2, 0.25) is 0 Å². The van der Waals surface area contributed by atoms with E-state index in [1.54, 1.807) is 0 Å². The first-order valence-electron chi connectivity index (χ1n) is 20.0. The number of unbranched alkanes of at least 4 members (excludes halogenated alkanes) is 4. The fourth-order valence-corrected chi connectivity index (χ4v) is 5.95. The molecule has 50 heavy (non-hydrogen) atoms. The summed E-state index contributed by atoms with van der Waals surface area (Å²) in [6.07, 6.45) is 15.3. The molecule has 0 heterocycles. The summed E-state index contributed by atoms with van der Waals surface area (Å²) in [7, 11) is 0. The van der Waals surface area contributed by atoms with Crippen molar-refractivity contribution in [3.8, 4) is 0 Å². The minimum absolute atomic E-state index is 0.113. The summed E-state index contributed by atoms with van der Waals surface area (Å²) in [5, 5.41) is 0. The molecule has 286 valence electrons. The number of hydrogen-bond acceptors (Lipinski definition) is 8. The second kappa shape index (κ2) is 26.8. The third-order valence-corrected chi connectivity index (χ3v) is 10.0. The smallest absolute Gasteiger partial charge is 0.339 e. The highest BCUT2D eigenvalue weighted by molar-refractivity contribution is 6.10. The van der Waals surface area contributed by atoms with E-state index in [2.05, 4.69) is 55.4 Å². The summed E-state index contributed by atoms with van der Waals surface area (Å²) in [5.74, 6) is -2.26. The third kappa shape index (κ3) is 16.4. The molecule has 0 fully saturated rings. The summed E-state index contributed by atoms with van der Waals surface area (Å²) in [6, 6.07) is 2.56. The molecule has 0 unspecified atom stereocenters. The highest BCUT2D eigenvalue weighted by atomic mass is 16.5. The lowest BCUT2D eigenvalue weighted by Gasteiger charge is -2.20. The first-order valence-corrected chi connectivity index (χ1v) is 20.0. The fourth-order valence-electron chi connectivity index (χ4n) is 5.95. The zero-order chi connectivity index (χ0) is 37.3. The predicted octanol–water partition coefficient (Wildman–Crippen LogP) is 11.2. The Balaban J connectivity index is 3.65. The zero-order valence-electron chi connectivity index (χ0n) is 32.9. The predicted molar refractivity (Wildman–Crippen MR) is 201 cm³/mol. The largest absolute Gasteiger partial charge is 0.462 e. The van der Waals surface area contributed by atoms with Gasteiger partial charge in [-0.15, -0.1) is 0 Å². The number of carbonyl (C=O) groups is 4. The maximum atomic E-state index is 13.7. The molecule has 0 aliphatic rings. The van der Waals surface area contributed by atoms with E-state index in [0.717, 1.165) is 103 Å². The quantitative estimate of drug-likeness (QED) is 0.0627. The molecule has 0 aromatic heterocycles. The van der Waals surface area contributed by atoms with Crippen LogP contribution in [0.25, 0.3) is 0 Å². The van der Waals surface area contributed by atoms with Crippen LogP contribution < -0.4 is 0 Å². The zero-order valence-corrected chi connectivity index (χ0v) is 32.9. The Labute approximate surface area is 304 Å². The molecule has 0 aliphatic carbocycles. The van der Waals surface area contributed by atoms with E-state index in [4.69, 9.17) is 18.9 Å². The first kappa shape index (κ1) is 45.1. The van der Waals surface area contributed by atoms with Crippen LogP contribution in [-0.2, 0) is 18.9 Å². The monoisotopic (exact) mass is 703 g/mol. The second-order valence-corrected chi connectivity index (χ2v) is 14.0. The Hall–Kier alpha value is -2.90. The van der Waals surface area contributed by atoms with Crippen LogP contribution in [0, 0.1) is 23.7 Å². The summed E-state index contributed by atoms with van der Waals surface area (Å²) in [5.41, 5.74) is -0.452. The van der Waals surface area contributed by atoms with Crippen molar-refractivity contribution in [3.63, 3.8) is 0 Å². The molecule has 0 saturated heterocycles. The van der Waals surface area contributed by atoms with Gasteiger partial charge in [-0.1, -0.05) is 132 Å². The third-order valence-electron chi connectivity index (χ3n) is 10.0. The number of ether oxygens (including phenoxy) is 4. The number of esters is 4. The molecule has 1 rings (SSSR count). The van der Waals surface area contributed by atoms with Crippen LogP contribution in [0.5, 0.6) is 0 Å². The molecular formula is C42H70O8. The Morgan fingerprint density at radius 3 is 0.760 bits per heavy atom. The van der Waals surface area contributed by atoms with Crippen molar-refractivity contribution in [1.82, 2.24) is 0 Å². The first-order chi connectivity index (χ1) is 24.1. The number of hydrogen-bond donors (Lipinski definition) is 0. The van der Waals surface area contributed by atoms with Gasteiger partial charge in [0.25, 0.3) is 0 Å². The van der Waals surface area contributed by atoms with Gasteiger partial charge in [-0.05, 0) is 61.5 Å². The molecule has 0 saturated carbocycles. The van der Waals surface area contributed by atoms with E-state index in [-0.39, 0.29) is 72.4 Å². The van der Waals surface area contributed by atoms with Gasteiger partial charge in [0.05, 0.1) is 48.7 Å². The van der Waals surface area contributed by atoms with Crippen molar-refractivity contribution in [2.45, 2.75) is 158 Å². The van der Waals surface area contributed by atoms with Crippen LogP contribution in [0.3, 0.4) is 0 Å². The summed E-state index contributed by atoms with van der Waals surface area (Å²) in [4.78, 5) is 55.0. The molecule has 1 aromatic carbocycles. The normalized spacial score (nSPS) is 13.6. The van der Waals surface area contributed by atoms with E-state index in [1.807, 2.05) is 0 Å². The van der Waals surface area contributed by atoms with Gasteiger partial charge in [-0.2, -0.15) is 0 Å². The van der Waals surface area contributed by atoms with E-state index in [0.29, 0.717) is 0 Å². The van der Waals surface area contributed by atoms with Crippen LogP contribution in [0.1, 0.15) is 200 Å². The van der Waals surface area contributed by atoms with Gasteiger partial charge in [-0.25, -0.2) is 19.2 Å². The van der Waals surface area contributed by atoms with Crippen LogP contribution in [0.15, 0.2) is 12.1 Å². The molecular weight excluding hydrogens is 632 g/mol. The van der Waals surface area contributed by atoms with E-state index >= 15 is 0 Å². The van der Waals surface area contributed by atoms with Crippen molar-refractivity contribution in [2.75, 3.05) is 26.4 Å². The SMILES string of the molecule is CCCC[C@H](CC)COC(=O)c1cc(C(=O)OC[C@@H](CC)CCCC)c(C(=O)OC[C@@H](CC)CCCC)cc1C(=O)OC[C@@H](CC)CCCC. The fraction of sp³-hybridized carbons (Fsp3) is 0.762. The molecule has 0 amide bonds. The van der Waals surface area contributed by atoms with E-state index in [1.165, 1.54) is 12.1 Å². The van der Waals surface area contributed by atoms with Gasteiger partial charge >= 0.3 is 23.9 Å². The van der Waals surface area contributed by atoms with Crippen molar-refractivity contribution < 1.29 is 38.1 Å². The number of rotatable bonds is 28. The summed E-state index contributed by atoms with van der Waals surface area (Å²) >= 11 is 0. The summed E-state index contributed by atoms with van der Waals surface area (Å²) in [6.45, 7) is 17.5. The Morgan fingerprint density at radius 2 is 0.600 bits per heavy atom. The van der Waals surface area contributed by atoms with Gasteiger partial charge in [0.1, 0.15) is 0 Å². The molecule has 1 aromatic rings. The van der Waals surface area contributed by atoms with Crippen molar-refractivity contribution in [1.29, 1.82) is 0 Å². The molecule has 0 spiro atoms. The minimum Gasteiger partial charge on any atom is -0.462 e. The molecule has 4 atom stereocenters. The second-order valence-electron chi connectivity index (χ2n) is 14.0. The van der Waals surface area contributed by atoms with Crippen molar-refractivity contribution in [3.05, 3.63) is 34.4 Å². The van der Waals surface area contributed by atoms with Gasteiger partial charge in [0.15, 0.2) is 0 Å². The average molecular weight is 703 g/mol. The lowest BCUT2D eigenvalue weighted by atomic mass is 9.96. The Kier molecular flexibility index (Phi) is 24.2. The van der Waals surface area contributed by atoms with Crippen molar-refractivity contribution >= 4 is 23.9 Å². The van der Waals surface area contributed by atoms with Crippen molar-refractivity contribution in [2.24, 2.45) is 23.7 Å². The maximum absolute atomic E-state index is 13.7. The Morgan fingerprint density at radius 1 is 0.400 bits per heavy atom. The van der Waals surface area contributed by atoms with Crippen LogP contribution in [-0.4, -0.2) is 50.3 Å². The Bertz CT molecular complexity index is 959. The topological polar surface area (TPSA) is 105 Å². The molecule has 8 nitrogen and oxygen atoms in total. The molecule has 0 N–H and O–H groups in total. The van der Waals surface area contributed by atoms with Gasteiger partial charge in [0, 0.05) is 0 Å². The van der Waals surface area contributed by atoms with Gasteiger partial charge in [-0.3, -0.25) is 0 Å². The van der Waals surface area contributed by atoms with Gasteiger partial charge in [0.2, 0.25) is 0 Å². The summed E-state index contributed by atoms with van der Waals surface area (Å²) < 4.78 is 23.1. The van der Waals surface area contributed by atoms with Gasteiger partial charge < -0.3 is 18.9 Å². The van der Waals surface area contributed by atoms with E-state index in [9.17, 15) is 19.2 Å². The van der Waals surface area contributed by atoms with Crippen LogP contribution in [0.4, 0.5) is 0 Å². The average Bonchev–Trinajstić information content (AvgIpc) is 3.14. The molecule has 0 aliphatic heterocycles.